The molecule has 2 aromatic rings. The SMILES string of the molecule is O=C(Nc1ccc(Cl)c(C(F)(F)F)c1)C1CCN(C(=O)c2ccc(Cl)cc2)CC1. The van der Waals surface area contributed by atoms with Gasteiger partial charge in [0, 0.05) is 35.3 Å². The first-order chi connectivity index (χ1) is 13.6. The maximum Gasteiger partial charge on any atom is 0.417 e. The number of amides is 2. The van der Waals surface area contributed by atoms with Crippen LogP contribution in [0, 0.1) is 5.92 Å². The van der Waals surface area contributed by atoms with Crippen molar-refractivity contribution in [2.45, 2.75) is 19.0 Å². The van der Waals surface area contributed by atoms with Crippen molar-refractivity contribution >= 4 is 40.7 Å². The van der Waals surface area contributed by atoms with Crippen LogP contribution in [-0.2, 0) is 11.0 Å². The Labute approximate surface area is 175 Å². The smallest absolute Gasteiger partial charge is 0.339 e. The Hall–Kier alpha value is -2.25. The molecule has 0 aliphatic carbocycles. The molecular formula is C20H17Cl2F3N2O2. The zero-order valence-corrected chi connectivity index (χ0v) is 16.6. The molecule has 0 unspecified atom stereocenters. The number of carbonyl (C=O) groups excluding carboxylic acids is 2. The topological polar surface area (TPSA) is 49.4 Å². The van der Waals surface area contributed by atoms with Gasteiger partial charge in [-0.3, -0.25) is 9.59 Å². The lowest BCUT2D eigenvalue weighted by molar-refractivity contribution is -0.137. The van der Waals surface area contributed by atoms with Crippen LogP contribution in [0.2, 0.25) is 10.0 Å². The minimum absolute atomic E-state index is 0.0337. The Morgan fingerprint density at radius 1 is 1.00 bits per heavy atom. The van der Waals surface area contributed by atoms with Gasteiger partial charge in [0.05, 0.1) is 10.6 Å². The molecule has 1 aliphatic rings. The Bertz CT molecular complexity index is 909. The van der Waals surface area contributed by atoms with E-state index in [-0.39, 0.29) is 17.5 Å². The molecule has 1 saturated heterocycles. The van der Waals surface area contributed by atoms with Gasteiger partial charge in [0.25, 0.3) is 5.91 Å². The summed E-state index contributed by atoms with van der Waals surface area (Å²) in [7, 11) is 0. The normalized spacial score (nSPS) is 15.3. The summed E-state index contributed by atoms with van der Waals surface area (Å²) in [6.45, 7) is 0.766. The highest BCUT2D eigenvalue weighted by molar-refractivity contribution is 6.31. The lowest BCUT2D eigenvalue weighted by atomic mass is 9.95. The van der Waals surface area contributed by atoms with Crippen LogP contribution in [0.15, 0.2) is 42.5 Å². The van der Waals surface area contributed by atoms with Crippen LogP contribution < -0.4 is 5.32 Å². The highest BCUT2D eigenvalue weighted by atomic mass is 35.5. The van der Waals surface area contributed by atoms with Gasteiger partial charge in [-0.1, -0.05) is 23.2 Å². The largest absolute Gasteiger partial charge is 0.417 e. The standard InChI is InChI=1S/C20H17Cl2F3N2O2/c21-14-3-1-13(2-4-14)19(29)27-9-7-12(8-10-27)18(28)26-15-5-6-17(22)16(11-15)20(23,24)25/h1-6,11-12H,7-10H2,(H,26,28). The van der Waals surface area contributed by atoms with E-state index in [2.05, 4.69) is 5.32 Å². The third-order valence-corrected chi connectivity index (χ3v) is 5.36. The Balaban J connectivity index is 1.59. The number of alkyl halides is 3. The molecule has 1 heterocycles. The molecule has 9 heteroatoms. The van der Waals surface area contributed by atoms with Gasteiger partial charge < -0.3 is 10.2 Å². The number of benzene rings is 2. The average Bonchev–Trinajstić information content (AvgIpc) is 2.68. The molecule has 4 nitrogen and oxygen atoms in total. The van der Waals surface area contributed by atoms with Crippen LogP contribution in [0.1, 0.15) is 28.8 Å². The van der Waals surface area contributed by atoms with Crippen LogP contribution in [0.5, 0.6) is 0 Å². The molecule has 2 aromatic carbocycles. The van der Waals surface area contributed by atoms with Crippen molar-refractivity contribution < 1.29 is 22.8 Å². The lowest BCUT2D eigenvalue weighted by Gasteiger charge is -2.31. The first-order valence-electron chi connectivity index (χ1n) is 8.87. The van der Waals surface area contributed by atoms with Crippen molar-refractivity contribution in [1.29, 1.82) is 0 Å². The summed E-state index contributed by atoms with van der Waals surface area (Å²) in [6, 6.07) is 9.80. The van der Waals surface area contributed by atoms with E-state index >= 15 is 0 Å². The molecule has 1 aliphatic heterocycles. The molecule has 0 saturated carbocycles. The van der Waals surface area contributed by atoms with E-state index in [0.717, 1.165) is 12.1 Å². The van der Waals surface area contributed by atoms with E-state index < -0.39 is 22.7 Å². The number of anilines is 1. The summed E-state index contributed by atoms with van der Waals surface area (Å²) >= 11 is 11.4. The van der Waals surface area contributed by atoms with Crippen molar-refractivity contribution in [3.63, 3.8) is 0 Å². The number of hydrogen-bond donors (Lipinski definition) is 1. The van der Waals surface area contributed by atoms with Gasteiger partial charge in [-0.05, 0) is 55.3 Å². The Morgan fingerprint density at radius 3 is 2.21 bits per heavy atom. The Kier molecular flexibility index (Phi) is 6.39. The summed E-state index contributed by atoms with van der Waals surface area (Å²) in [5.74, 6) is -0.915. The zero-order chi connectivity index (χ0) is 21.2. The third-order valence-electron chi connectivity index (χ3n) is 4.78. The number of piperidine rings is 1. The predicted octanol–water partition coefficient (Wildman–Crippen LogP) is 5.50. The predicted molar refractivity (Wildman–Crippen MR) is 105 cm³/mol. The van der Waals surface area contributed by atoms with Crippen LogP contribution >= 0.6 is 23.2 Å². The van der Waals surface area contributed by atoms with Gasteiger partial charge in [0.2, 0.25) is 5.91 Å². The number of rotatable bonds is 3. The molecule has 1 fully saturated rings. The number of nitrogens with zero attached hydrogens (tertiary/aromatic N) is 1. The van der Waals surface area contributed by atoms with Crippen LogP contribution in [0.4, 0.5) is 18.9 Å². The number of nitrogens with one attached hydrogen (secondary N) is 1. The van der Waals surface area contributed by atoms with Crippen LogP contribution in [0.25, 0.3) is 0 Å². The summed E-state index contributed by atoms with van der Waals surface area (Å²) in [4.78, 5) is 26.6. The molecule has 0 atom stereocenters. The van der Waals surface area contributed by atoms with Gasteiger partial charge in [-0.2, -0.15) is 13.2 Å². The molecule has 0 bridgehead atoms. The summed E-state index contributed by atoms with van der Waals surface area (Å²) < 4.78 is 38.9. The number of carbonyl (C=O) groups is 2. The van der Waals surface area contributed by atoms with Crippen LogP contribution in [0.3, 0.4) is 0 Å². The minimum atomic E-state index is -4.61. The second kappa shape index (κ2) is 8.63. The summed E-state index contributed by atoms with van der Waals surface area (Å²) in [5.41, 5.74) is -0.454. The fraction of sp³-hybridized carbons (Fsp3) is 0.300. The van der Waals surface area contributed by atoms with Crippen molar-refractivity contribution in [1.82, 2.24) is 4.90 Å². The summed E-state index contributed by atoms with van der Waals surface area (Å²) in [6.07, 6.45) is -3.76. The first-order valence-corrected chi connectivity index (χ1v) is 9.63. The molecule has 0 spiro atoms. The van der Waals surface area contributed by atoms with Gasteiger partial charge in [-0.15, -0.1) is 0 Å². The second-order valence-electron chi connectivity index (χ2n) is 6.76. The maximum absolute atomic E-state index is 13.0. The molecule has 0 aromatic heterocycles. The monoisotopic (exact) mass is 444 g/mol. The fourth-order valence-electron chi connectivity index (χ4n) is 3.18. The van der Waals surface area contributed by atoms with E-state index in [1.165, 1.54) is 6.07 Å². The number of halogens is 5. The number of hydrogen-bond acceptors (Lipinski definition) is 2. The molecule has 154 valence electrons. The van der Waals surface area contributed by atoms with Gasteiger partial charge >= 0.3 is 6.18 Å². The third kappa shape index (κ3) is 5.22. The molecule has 29 heavy (non-hydrogen) atoms. The second-order valence-corrected chi connectivity index (χ2v) is 7.60. The van der Waals surface area contributed by atoms with Crippen molar-refractivity contribution in [2.75, 3.05) is 18.4 Å². The molecule has 2 amide bonds. The quantitative estimate of drug-likeness (QED) is 0.678. The average molecular weight is 445 g/mol. The van der Waals surface area contributed by atoms with Crippen LogP contribution in [-0.4, -0.2) is 29.8 Å². The lowest BCUT2D eigenvalue weighted by Crippen LogP contribution is -2.41. The summed E-state index contributed by atoms with van der Waals surface area (Å²) in [5, 5.41) is 2.63. The van der Waals surface area contributed by atoms with Gasteiger partial charge in [0.1, 0.15) is 0 Å². The van der Waals surface area contributed by atoms with Gasteiger partial charge in [0.15, 0.2) is 0 Å². The van der Waals surface area contributed by atoms with Crippen molar-refractivity contribution in [3.05, 3.63) is 63.6 Å². The molecular weight excluding hydrogens is 428 g/mol. The highest BCUT2D eigenvalue weighted by Crippen LogP contribution is 2.36. The van der Waals surface area contributed by atoms with Crippen molar-refractivity contribution in [2.24, 2.45) is 5.92 Å². The van der Waals surface area contributed by atoms with E-state index in [9.17, 15) is 22.8 Å². The number of likely N-dealkylation sites (tertiary alicyclic amines) is 1. The van der Waals surface area contributed by atoms with Crippen molar-refractivity contribution in [3.8, 4) is 0 Å². The molecule has 1 N–H and O–H groups in total. The fourth-order valence-corrected chi connectivity index (χ4v) is 3.54. The minimum Gasteiger partial charge on any atom is -0.339 e. The molecule has 0 radical (unpaired) electrons. The van der Waals surface area contributed by atoms with E-state index in [4.69, 9.17) is 23.2 Å². The van der Waals surface area contributed by atoms with Gasteiger partial charge in [-0.25, -0.2) is 0 Å². The van der Waals surface area contributed by atoms with E-state index in [1.807, 2.05) is 0 Å². The van der Waals surface area contributed by atoms with E-state index in [1.54, 1.807) is 29.2 Å². The molecule has 3 rings (SSSR count). The van der Waals surface area contributed by atoms with E-state index in [0.29, 0.717) is 36.5 Å². The highest BCUT2D eigenvalue weighted by Gasteiger charge is 2.34. The maximum atomic E-state index is 13.0. The zero-order valence-electron chi connectivity index (χ0n) is 15.1. The first kappa shape index (κ1) is 21.5. The Morgan fingerprint density at radius 2 is 1.62 bits per heavy atom.